The van der Waals surface area contributed by atoms with E-state index in [9.17, 15) is 17.6 Å². The number of sulfonamides is 1. The molecule has 0 amide bonds. The smallest absolute Gasteiger partial charge is 0.232 e. The SMILES string of the molecule is [2H]c1c([2H])c(-c2cnc3[nH]cc(C(=O)c4c(F)ccc(NS(=O)(=O)CCC)c4F)c3c2)c([2H])c([2H])c1Cl. The number of rotatable bonds is 7. The molecule has 10 heteroatoms. The molecule has 0 radical (unpaired) electrons. The van der Waals surface area contributed by atoms with E-state index in [0.717, 1.165) is 12.1 Å². The number of carbonyl (C=O) groups is 1. The first-order valence-corrected chi connectivity index (χ1v) is 11.7. The number of hydrogen-bond donors (Lipinski definition) is 2. The molecule has 0 atom stereocenters. The first-order valence-electron chi connectivity index (χ1n) is 11.6. The largest absolute Gasteiger partial charge is 0.345 e. The average Bonchev–Trinajstić information content (AvgIpc) is 3.27. The van der Waals surface area contributed by atoms with Crippen molar-refractivity contribution in [3.05, 3.63) is 82.5 Å². The molecule has 0 saturated heterocycles. The second-order valence-corrected chi connectivity index (χ2v) is 9.27. The Balaban J connectivity index is 1.85. The highest BCUT2D eigenvalue weighted by molar-refractivity contribution is 7.92. The van der Waals surface area contributed by atoms with Crippen molar-refractivity contribution in [1.82, 2.24) is 9.97 Å². The fraction of sp³-hybridized carbons (Fsp3) is 0.130. The Kier molecular flexibility index (Phi) is 4.91. The zero-order valence-electron chi connectivity index (χ0n) is 21.0. The van der Waals surface area contributed by atoms with Crippen LogP contribution in [0.3, 0.4) is 0 Å². The zero-order valence-corrected chi connectivity index (χ0v) is 18.6. The number of benzene rings is 2. The van der Waals surface area contributed by atoms with E-state index in [1.165, 1.54) is 18.5 Å². The van der Waals surface area contributed by atoms with Crippen molar-refractivity contribution < 1.29 is 27.5 Å². The maximum atomic E-state index is 15.2. The summed E-state index contributed by atoms with van der Waals surface area (Å²) >= 11 is 5.87. The van der Waals surface area contributed by atoms with Gasteiger partial charge in [0.05, 0.1) is 22.5 Å². The molecule has 2 aromatic heterocycles. The third kappa shape index (κ3) is 4.60. The van der Waals surface area contributed by atoms with E-state index >= 15 is 4.39 Å². The van der Waals surface area contributed by atoms with Crippen LogP contribution in [0, 0.1) is 11.6 Å². The van der Waals surface area contributed by atoms with Crippen molar-refractivity contribution in [3.8, 4) is 11.1 Å². The minimum absolute atomic E-state index is 0.0880. The monoisotopic (exact) mass is 493 g/mol. The highest BCUT2D eigenvalue weighted by atomic mass is 35.5. The number of anilines is 1. The molecular weight excluding hydrogens is 472 g/mol. The Bertz CT molecular complexity index is 1670. The molecule has 4 rings (SSSR count). The van der Waals surface area contributed by atoms with E-state index in [4.69, 9.17) is 17.1 Å². The van der Waals surface area contributed by atoms with Gasteiger partial charge in [-0.1, -0.05) is 30.6 Å². The first-order chi connectivity index (χ1) is 17.4. The zero-order chi connectivity index (χ0) is 27.2. The lowest BCUT2D eigenvalue weighted by Gasteiger charge is -2.11. The fourth-order valence-electron chi connectivity index (χ4n) is 3.23. The number of aromatic amines is 1. The van der Waals surface area contributed by atoms with Crippen LogP contribution in [-0.2, 0) is 10.0 Å². The molecule has 0 aliphatic heterocycles. The van der Waals surface area contributed by atoms with Gasteiger partial charge in [0.1, 0.15) is 11.5 Å². The Morgan fingerprint density at radius 1 is 1.21 bits per heavy atom. The Hall–Kier alpha value is -3.30. The predicted molar refractivity (Wildman–Crippen MR) is 124 cm³/mol. The maximum Gasteiger partial charge on any atom is 0.232 e. The number of H-pyrrole nitrogens is 1. The quantitative estimate of drug-likeness (QED) is 0.330. The summed E-state index contributed by atoms with van der Waals surface area (Å²) in [6.45, 7) is 1.61. The van der Waals surface area contributed by atoms with Gasteiger partial charge in [-0.05, 0) is 42.3 Å². The number of aromatic nitrogens is 2. The average molecular weight is 494 g/mol. The van der Waals surface area contributed by atoms with Crippen molar-refractivity contribution in [2.45, 2.75) is 13.3 Å². The van der Waals surface area contributed by atoms with Gasteiger partial charge in [-0.25, -0.2) is 22.2 Å². The molecule has 0 spiro atoms. The summed E-state index contributed by atoms with van der Waals surface area (Å²) in [5.41, 5.74) is -1.65. The number of fused-ring (bicyclic) bond motifs is 1. The van der Waals surface area contributed by atoms with Gasteiger partial charge < -0.3 is 4.98 Å². The summed E-state index contributed by atoms with van der Waals surface area (Å²) in [5.74, 6) is -4.01. The lowest BCUT2D eigenvalue weighted by Crippen LogP contribution is -2.18. The molecule has 2 aromatic carbocycles. The summed E-state index contributed by atoms with van der Waals surface area (Å²) < 4.78 is 88.4. The van der Waals surface area contributed by atoms with E-state index < -0.39 is 62.9 Å². The molecule has 0 aliphatic rings. The molecule has 0 saturated carbocycles. The molecule has 2 heterocycles. The van der Waals surface area contributed by atoms with Crippen LogP contribution in [0.25, 0.3) is 22.2 Å². The van der Waals surface area contributed by atoms with Gasteiger partial charge in [-0.3, -0.25) is 9.52 Å². The minimum Gasteiger partial charge on any atom is -0.345 e. The standard InChI is InChI=1S/C23H18ClF2N3O3S/c1-2-9-33(31,32)29-19-8-7-18(25)20(21(19)26)22(30)17-12-28-23-16(17)10-14(11-27-23)13-3-5-15(24)6-4-13/h3-8,10-12,29H,2,9H2,1H3,(H,27,28)/i3D,4D,5D,6D. The summed E-state index contributed by atoms with van der Waals surface area (Å²) in [7, 11) is -3.92. The van der Waals surface area contributed by atoms with Crippen LogP contribution in [0.5, 0.6) is 0 Å². The number of nitrogens with zero attached hydrogens (tertiary/aromatic N) is 1. The molecule has 0 fully saturated rings. The predicted octanol–water partition coefficient (Wildman–Crippen LogP) is 5.54. The number of nitrogens with one attached hydrogen (secondary N) is 2. The molecule has 33 heavy (non-hydrogen) atoms. The second-order valence-electron chi connectivity index (χ2n) is 7.05. The molecule has 6 nitrogen and oxygen atoms in total. The van der Waals surface area contributed by atoms with E-state index in [1.54, 1.807) is 6.92 Å². The summed E-state index contributed by atoms with van der Waals surface area (Å²) in [6.07, 6.45) is 2.69. The molecule has 0 bridgehead atoms. The van der Waals surface area contributed by atoms with Crippen molar-refractivity contribution in [2.75, 3.05) is 10.5 Å². The highest BCUT2D eigenvalue weighted by Gasteiger charge is 2.26. The van der Waals surface area contributed by atoms with Gasteiger partial charge >= 0.3 is 0 Å². The molecule has 0 unspecified atom stereocenters. The molecule has 170 valence electrons. The van der Waals surface area contributed by atoms with Gasteiger partial charge in [0.2, 0.25) is 15.8 Å². The number of halogens is 3. The van der Waals surface area contributed by atoms with Crippen LogP contribution in [0.1, 0.15) is 34.7 Å². The van der Waals surface area contributed by atoms with Crippen LogP contribution >= 0.6 is 11.6 Å². The van der Waals surface area contributed by atoms with Gasteiger partial charge in [0.25, 0.3) is 0 Å². The van der Waals surface area contributed by atoms with E-state index in [-0.39, 0.29) is 44.9 Å². The second kappa shape index (κ2) is 8.92. The molecule has 4 aromatic rings. The number of pyridine rings is 1. The third-order valence-electron chi connectivity index (χ3n) is 4.72. The lowest BCUT2D eigenvalue weighted by atomic mass is 10.00. The van der Waals surface area contributed by atoms with Crippen LogP contribution in [0.2, 0.25) is 5.02 Å². The first kappa shape index (κ1) is 18.2. The molecule has 2 N–H and O–H groups in total. The third-order valence-corrected chi connectivity index (χ3v) is 6.38. The van der Waals surface area contributed by atoms with E-state index in [2.05, 4.69) is 9.97 Å². The molecule has 0 aliphatic carbocycles. The minimum atomic E-state index is -3.92. The van der Waals surface area contributed by atoms with Crippen LogP contribution < -0.4 is 4.72 Å². The van der Waals surface area contributed by atoms with Gasteiger partial charge in [-0.15, -0.1) is 0 Å². The Labute approximate surface area is 199 Å². The van der Waals surface area contributed by atoms with Crippen molar-refractivity contribution in [2.24, 2.45) is 0 Å². The number of hydrogen-bond acceptors (Lipinski definition) is 4. The normalized spacial score (nSPS) is 13.3. The fourth-order valence-corrected chi connectivity index (χ4v) is 4.46. The Morgan fingerprint density at radius 2 is 1.94 bits per heavy atom. The van der Waals surface area contributed by atoms with Gasteiger partial charge in [0.15, 0.2) is 5.82 Å². The van der Waals surface area contributed by atoms with Crippen LogP contribution in [0.4, 0.5) is 14.5 Å². The van der Waals surface area contributed by atoms with Crippen molar-refractivity contribution in [3.63, 3.8) is 0 Å². The van der Waals surface area contributed by atoms with E-state index in [1.807, 2.05) is 4.72 Å². The maximum absolute atomic E-state index is 15.2. The van der Waals surface area contributed by atoms with Crippen LogP contribution in [0.15, 0.2) is 54.8 Å². The summed E-state index contributed by atoms with van der Waals surface area (Å²) in [4.78, 5) is 20.1. The van der Waals surface area contributed by atoms with Gasteiger partial charge in [-0.2, -0.15) is 0 Å². The van der Waals surface area contributed by atoms with Crippen LogP contribution in [-0.4, -0.2) is 29.9 Å². The topological polar surface area (TPSA) is 91.9 Å². The summed E-state index contributed by atoms with van der Waals surface area (Å²) in [6, 6.07) is 1.21. The lowest BCUT2D eigenvalue weighted by molar-refractivity contribution is 0.103. The van der Waals surface area contributed by atoms with E-state index in [0.29, 0.717) is 0 Å². The van der Waals surface area contributed by atoms with Gasteiger partial charge in [0, 0.05) is 33.9 Å². The number of ketones is 1. The van der Waals surface area contributed by atoms with Crippen molar-refractivity contribution >= 4 is 44.1 Å². The highest BCUT2D eigenvalue weighted by Crippen LogP contribution is 2.30. The van der Waals surface area contributed by atoms with Crippen molar-refractivity contribution in [1.29, 1.82) is 0 Å². The summed E-state index contributed by atoms with van der Waals surface area (Å²) in [5, 5.41) is -0.268. The Morgan fingerprint density at radius 3 is 2.64 bits per heavy atom. The molecular formula is C23H18ClF2N3O3S. The number of carbonyl (C=O) groups excluding carboxylic acids is 1.